The molecule has 0 radical (unpaired) electrons. The van der Waals surface area contributed by atoms with Crippen molar-refractivity contribution in [1.82, 2.24) is 9.78 Å². The molecule has 0 spiro atoms. The number of rotatable bonds is 10. The lowest BCUT2D eigenvalue weighted by Gasteiger charge is -2.18. The van der Waals surface area contributed by atoms with Crippen molar-refractivity contribution in [1.29, 1.82) is 0 Å². The van der Waals surface area contributed by atoms with Crippen LogP contribution in [0.4, 0.5) is 0 Å². The van der Waals surface area contributed by atoms with Crippen molar-refractivity contribution >= 4 is 0 Å². The lowest BCUT2D eigenvalue weighted by Crippen LogP contribution is -2.21. The summed E-state index contributed by atoms with van der Waals surface area (Å²) in [4.78, 5) is 11.5. The monoisotopic (exact) mass is 294 g/mol. The summed E-state index contributed by atoms with van der Waals surface area (Å²) >= 11 is 0. The molecule has 0 bridgehead atoms. The van der Waals surface area contributed by atoms with E-state index in [-0.39, 0.29) is 17.2 Å². The fourth-order valence-corrected chi connectivity index (χ4v) is 2.71. The van der Waals surface area contributed by atoms with Gasteiger partial charge in [-0.2, -0.15) is 5.10 Å². The van der Waals surface area contributed by atoms with Crippen LogP contribution in [0.2, 0.25) is 0 Å². The number of hydrogen-bond acceptors (Lipinski definition) is 3. The van der Waals surface area contributed by atoms with Gasteiger partial charge < -0.3 is 5.11 Å². The summed E-state index contributed by atoms with van der Waals surface area (Å²) in [5, 5.41) is 14.4. The molecule has 1 heterocycles. The quantitative estimate of drug-likeness (QED) is 0.660. The van der Waals surface area contributed by atoms with Crippen LogP contribution < -0.4 is 5.56 Å². The Kier molecular flexibility index (Phi) is 8.09. The molecule has 1 aromatic rings. The van der Waals surface area contributed by atoms with E-state index in [1.807, 2.05) is 0 Å². The minimum Gasteiger partial charge on any atom is -0.506 e. The van der Waals surface area contributed by atoms with Crippen molar-refractivity contribution in [3.8, 4) is 5.75 Å². The third-order valence-electron chi connectivity index (χ3n) is 4.05. The van der Waals surface area contributed by atoms with Gasteiger partial charge in [-0.25, -0.2) is 4.68 Å². The van der Waals surface area contributed by atoms with Crippen molar-refractivity contribution in [3.63, 3.8) is 0 Å². The Morgan fingerprint density at radius 3 is 2.29 bits per heavy atom. The molecule has 120 valence electrons. The van der Waals surface area contributed by atoms with Crippen LogP contribution in [0, 0.1) is 0 Å². The number of hydrogen-bond donors (Lipinski definition) is 1. The maximum absolute atomic E-state index is 11.5. The molecule has 0 aliphatic carbocycles. The highest BCUT2D eigenvalue weighted by Gasteiger charge is 2.18. The van der Waals surface area contributed by atoms with Crippen molar-refractivity contribution in [2.75, 3.05) is 0 Å². The maximum Gasteiger partial charge on any atom is 0.270 e. The Labute approximate surface area is 128 Å². The van der Waals surface area contributed by atoms with E-state index in [1.54, 1.807) is 7.05 Å². The molecule has 0 aliphatic heterocycles. The first-order chi connectivity index (χ1) is 10.1. The second-order valence-electron chi connectivity index (χ2n) is 5.92. The van der Waals surface area contributed by atoms with Crippen LogP contribution in [-0.2, 0) is 7.05 Å². The fraction of sp³-hybridized carbons (Fsp3) is 0.765. The van der Waals surface area contributed by atoms with E-state index in [4.69, 9.17) is 0 Å². The Hall–Kier alpha value is -1.32. The van der Waals surface area contributed by atoms with E-state index < -0.39 is 0 Å². The second-order valence-corrected chi connectivity index (χ2v) is 5.92. The summed E-state index contributed by atoms with van der Waals surface area (Å²) in [6.45, 7) is 4.40. The van der Waals surface area contributed by atoms with Crippen molar-refractivity contribution in [2.24, 2.45) is 7.05 Å². The van der Waals surface area contributed by atoms with Gasteiger partial charge in [-0.1, -0.05) is 58.8 Å². The molecular weight excluding hydrogens is 264 g/mol. The van der Waals surface area contributed by atoms with Gasteiger partial charge in [0.15, 0.2) is 0 Å². The minimum absolute atomic E-state index is 0.0649. The smallest absolute Gasteiger partial charge is 0.270 e. The second kappa shape index (κ2) is 9.59. The summed E-state index contributed by atoms with van der Waals surface area (Å²) in [6.07, 6.45) is 10.5. The van der Waals surface area contributed by atoms with Crippen molar-refractivity contribution in [2.45, 2.75) is 77.6 Å². The zero-order valence-corrected chi connectivity index (χ0v) is 13.8. The molecular formula is C17H30N2O2. The topological polar surface area (TPSA) is 55.1 Å². The predicted molar refractivity (Wildman–Crippen MR) is 86.8 cm³/mol. The Morgan fingerprint density at radius 1 is 1.10 bits per heavy atom. The van der Waals surface area contributed by atoms with Crippen molar-refractivity contribution in [3.05, 3.63) is 22.1 Å². The van der Waals surface area contributed by atoms with Gasteiger partial charge >= 0.3 is 0 Å². The van der Waals surface area contributed by atoms with Gasteiger partial charge in [-0.3, -0.25) is 4.79 Å². The number of unbranched alkanes of at least 4 members (excludes halogenated alkanes) is 5. The molecule has 0 saturated carbocycles. The molecule has 0 amide bonds. The van der Waals surface area contributed by atoms with Crippen LogP contribution in [0.5, 0.6) is 5.75 Å². The molecule has 21 heavy (non-hydrogen) atoms. The van der Waals surface area contributed by atoms with E-state index in [0.29, 0.717) is 5.69 Å². The first kappa shape index (κ1) is 17.7. The molecule has 0 fully saturated rings. The van der Waals surface area contributed by atoms with Crippen LogP contribution in [0.15, 0.2) is 10.9 Å². The number of nitrogens with zero attached hydrogens (tertiary/aromatic N) is 2. The summed E-state index contributed by atoms with van der Waals surface area (Å²) in [6, 6.07) is 1.29. The van der Waals surface area contributed by atoms with Crippen LogP contribution in [0.3, 0.4) is 0 Å². The third kappa shape index (κ3) is 5.90. The van der Waals surface area contributed by atoms with Gasteiger partial charge in [-0.05, 0) is 12.8 Å². The molecule has 4 heteroatoms. The molecule has 1 atom stereocenters. The van der Waals surface area contributed by atoms with Gasteiger partial charge in [0.05, 0.1) is 0 Å². The maximum atomic E-state index is 11.5. The molecule has 0 aliphatic rings. The Morgan fingerprint density at radius 2 is 1.67 bits per heavy atom. The van der Waals surface area contributed by atoms with Gasteiger partial charge in [-0.15, -0.1) is 0 Å². The molecule has 1 unspecified atom stereocenters. The van der Waals surface area contributed by atoms with E-state index in [1.165, 1.54) is 42.9 Å². The van der Waals surface area contributed by atoms with E-state index in [9.17, 15) is 9.90 Å². The van der Waals surface area contributed by atoms with Gasteiger partial charge in [0.2, 0.25) is 0 Å². The highest BCUT2D eigenvalue weighted by atomic mass is 16.3. The third-order valence-corrected chi connectivity index (χ3v) is 4.05. The zero-order valence-electron chi connectivity index (χ0n) is 13.8. The number of aromatic nitrogens is 2. The molecule has 1 aromatic heterocycles. The summed E-state index contributed by atoms with van der Waals surface area (Å²) in [5.74, 6) is 0.329. The normalized spacial score (nSPS) is 12.5. The van der Waals surface area contributed by atoms with E-state index in [0.717, 1.165) is 25.7 Å². The molecule has 0 saturated heterocycles. The SMILES string of the molecule is CCCCCCC(CCCCC)c1nn(C)c(=O)cc1O. The average Bonchev–Trinajstić information content (AvgIpc) is 2.46. The first-order valence-electron chi connectivity index (χ1n) is 8.37. The van der Waals surface area contributed by atoms with E-state index >= 15 is 0 Å². The lowest BCUT2D eigenvalue weighted by molar-refractivity contribution is 0.419. The Bertz CT molecular complexity index is 468. The fourth-order valence-electron chi connectivity index (χ4n) is 2.71. The van der Waals surface area contributed by atoms with Crippen LogP contribution >= 0.6 is 0 Å². The van der Waals surface area contributed by atoms with Crippen LogP contribution in [0.1, 0.15) is 83.2 Å². The largest absolute Gasteiger partial charge is 0.506 e. The van der Waals surface area contributed by atoms with Crippen molar-refractivity contribution < 1.29 is 5.11 Å². The highest BCUT2D eigenvalue weighted by molar-refractivity contribution is 5.26. The van der Waals surface area contributed by atoms with Crippen LogP contribution in [0.25, 0.3) is 0 Å². The summed E-state index contributed by atoms with van der Waals surface area (Å²) in [5.41, 5.74) is 0.444. The zero-order chi connectivity index (χ0) is 15.7. The van der Waals surface area contributed by atoms with Crippen LogP contribution in [-0.4, -0.2) is 14.9 Å². The lowest BCUT2D eigenvalue weighted by atomic mass is 9.91. The predicted octanol–water partition coefficient (Wildman–Crippen LogP) is 4.12. The average molecular weight is 294 g/mol. The molecule has 1 rings (SSSR count). The Balaban J connectivity index is 2.78. The highest BCUT2D eigenvalue weighted by Crippen LogP contribution is 2.31. The molecule has 1 N–H and O–H groups in total. The summed E-state index contributed by atoms with van der Waals surface area (Å²) in [7, 11) is 1.64. The summed E-state index contributed by atoms with van der Waals surface area (Å²) < 4.78 is 1.33. The van der Waals surface area contributed by atoms with E-state index in [2.05, 4.69) is 18.9 Å². The molecule has 0 aromatic carbocycles. The first-order valence-corrected chi connectivity index (χ1v) is 8.37. The number of aryl methyl sites for hydroxylation is 1. The van der Waals surface area contributed by atoms with Gasteiger partial charge in [0.1, 0.15) is 11.4 Å². The van der Waals surface area contributed by atoms with Gasteiger partial charge in [0, 0.05) is 19.0 Å². The molecule has 4 nitrogen and oxygen atoms in total. The minimum atomic E-state index is -0.255. The standard InChI is InChI=1S/C17H30N2O2/c1-4-6-8-10-12-14(11-9-7-5-2)17-15(20)13-16(21)19(3)18-17/h13-14,20H,4-12H2,1-3H3. The number of aromatic hydroxyl groups is 1. The van der Waals surface area contributed by atoms with Gasteiger partial charge in [0.25, 0.3) is 5.56 Å².